The van der Waals surface area contributed by atoms with Crippen molar-refractivity contribution in [2.75, 3.05) is 19.8 Å². The monoisotopic (exact) mass is 269 g/mol. The van der Waals surface area contributed by atoms with Crippen molar-refractivity contribution in [1.82, 2.24) is 4.72 Å². The zero-order valence-corrected chi connectivity index (χ0v) is 11.0. The van der Waals surface area contributed by atoms with E-state index in [2.05, 4.69) is 4.72 Å². The predicted octanol–water partition coefficient (Wildman–Crippen LogP) is -0.222. The molecule has 0 aromatic rings. The molecule has 0 aliphatic rings. The summed E-state index contributed by atoms with van der Waals surface area (Å²) in [6, 6.07) is 0. The van der Waals surface area contributed by atoms with Crippen molar-refractivity contribution >= 4 is 16.0 Å². The summed E-state index contributed by atoms with van der Waals surface area (Å²) in [6.45, 7) is 5.24. The number of carboxylic acids is 1. The molecule has 0 aromatic carbocycles. The van der Waals surface area contributed by atoms with E-state index in [1.165, 1.54) is 0 Å². The summed E-state index contributed by atoms with van der Waals surface area (Å²) in [5.41, 5.74) is 0. The Balaban J connectivity index is 4.37. The maximum Gasteiger partial charge on any atom is 0.323 e. The van der Waals surface area contributed by atoms with Crippen LogP contribution in [0.3, 0.4) is 0 Å². The van der Waals surface area contributed by atoms with Gasteiger partial charge in [0.1, 0.15) is 0 Å². The van der Waals surface area contributed by atoms with E-state index >= 15 is 0 Å². The average Bonchev–Trinajstić information content (AvgIpc) is 2.25. The second kappa shape index (κ2) is 7.59. The smallest absolute Gasteiger partial charge is 0.323 e. The molecule has 0 heterocycles. The number of carbonyl (C=O) groups is 1. The highest BCUT2D eigenvalue weighted by atomic mass is 32.2. The van der Waals surface area contributed by atoms with Crippen molar-refractivity contribution in [3.63, 3.8) is 0 Å². The Labute approximate surface area is 101 Å². The third kappa shape index (κ3) is 5.97. The summed E-state index contributed by atoms with van der Waals surface area (Å²) < 4.78 is 35.4. The van der Waals surface area contributed by atoms with E-state index in [0.29, 0.717) is 13.2 Å². The van der Waals surface area contributed by atoms with Gasteiger partial charge in [0.05, 0.1) is 6.54 Å². The SMILES string of the molecule is CCOC(CNS(=O)(=O)C(C)C(=O)O)OCC. The van der Waals surface area contributed by atoms with Crippen LogP contribution in [0.1, 0.15) is 20.8 Å². The highest BCUT2D eigenvalue weighted by Crippen LogP contribution is 2.00. The van der Waals surface area contributed by atoms with E-state index in [1.54, 1.807) is 13.8 Å². The van der Waals surface area contributed by atoms with E-state index in [-0.39, 0.29) is 6.54 Å². The number of carboxylic acid groups (broad SMARTS) is 1. The molecule has 0 aliphatic carbocycles. The fraction of sp³-hybridized carbons (Fsp3) is 0.889. The lowest BCUT2D eigenvalue weighted by molar-refractivity contribution is -0.136. The molecule has 0 radical (unpaired) electrons. The Morgan fingerprint density at radius 1 is 1.29 bits per heavy atom. The van der Waals surface area contributed by atoms with Gasteiger partial charge in [0, 0.05) is 13.2 Å². The molecule has 1 unspecified atom stereocenters. The van der Waals surface area contributed by atoms with Gasteiger partial charge >= 0.3 is 5.97 Å². The van der Waals surface area contributed by atoms with Gasteiger partial charge in [-0.1, -0.05) is 0 Å². The fourth-order valence-corrected chi connectivity index (χ4v) is 1.86. The number of hydrogen-bond acceptors (Lipinski definition) is 5. The van der Waals surface area contributed by atoms with Crippen LogP contribution in [-0.4, -0.2) is 50.8 Å². The van der Waals surface area contributed by atoms with Crippen LogP contribution in [0.5, 0.6) is 0 Å². The van der Waals surface area contributed by atoms with E-state index in [0.717, 1.165) is 6.92 Å². The van der Waals surface area contributed by atoms with Gasteiger partial charge in [0.15, 0.2) is 11.5 Å². The maximum absolute atomic E-state index is 11.5. The first-order chi connectivity index (χ1) is 7.85. The zero-order valence-electron chi connectivity index (χ0n) is 10.2. The van der Waals surface area contributed by atoms with Crippen LogP contribution in [0.4, 0.5) is 0 Å². The molecule has 0 spiro atoms. The van der Waals surface area contributed by atoms with Gasteiger partial charge in [-0.2, -0.15) is 0 Å². The topological polar surface area (TPSA) is 102 Å². The normalized spacial score (nSPS) is 13.9. The second-order valence-electron chi connectivity index (χ2n) is 3.21. The van der Waals surface area contributed by atoms with E-state index in [4.69, 9.17) is 14.6 Å². The Kier molecular flexibility index (Phi) is 7.28. The first-order valence-electron chi connectivity index (χ1n) is 5.29. The first-order valence-corrected chi connectivity index (χ1v) is 6.84. The molecule has 0 rings (SSSR count). The molecule has 8 heteroatoms. The van der Waals surface area contributed by atoms with Gasteiger partial charge in [-0.3, -0.25) is 4.79 Å². The van der Waals surface area contributed by atoms with Gasteiger partial charge in [-0.25, -0.2) is 13.1 Å². The number of ether oxygens (including phenoxy) is 2. The summed E-state index contributed by atoms with van der Waals surface area (Å²) in [4.78, 5) is 10.6. The van der Waals surface area contributed by atoms with Crippen molar-refractivity contribution in [3.8, 4) is 0 Å². The third-order valence-corrected chi connectivity index (χ3v) is 3.67. The molecule has 0 saturated carbocycles. The summed E-state index contributed by atoms with van der Waals surface area (Å²) >= 11 is 0. The van der Waals surface area contributed by atoms with Gasteiger partial charge < -0.3 is 14.6 Å². The molecule has 17 heavy (non-hydrogen) atoms. The molecule has 0 aliphatic heterocycles. The molecule has 1 atom stereocenters. The first kappa shape index (κ1) is 16.3. The molecule has 7 nitrogen and oxygen atoms in total. The van der Waals surface area contributed by atoms with Crippen LogP contribution in [0, 0.1) is 0 Å². The van der Waals surface area contributed by atoms with Crippen molar-refractivity contribution < 1.29 is 27.8 Å². The summed E-state index contributed by atoms with van der Waals surface area (Å²) in [7, 11) is -3.90. The summed E-state index contributed by atoms with van der Waals surface area (Å²) in [5.74, 6) is -1.40. The van der Waals surface area contributed by atoms with Crippen molar-refractivity contribution in [2.45, 2.75) is 32.3 Å². The second-order valence-corrected chi connectivity index (χ2v) is 5.30. The standard InChI is InChI=1S/C9H19NO6S/c1-4-15-8(16-5-2)6-10-17(13,14)7(3)9(11)12/h7-8,10H,4-6H2,1-3H3,(H,11,12). The molecule has 0 aromatic heterocycles. The Morgan fingerprint density at radius 3 is 2.12 bits per heavy atom. The Hall–Kier alpha value is -0.700. The predicted molar refractivity (Wildman–Crippen MR) is 61.1 cm³/mol. The largest absolute Gasteiger partial charge is 0.480 e. The lowest BCUT2D eigenvalue weighted by atomic mass is 10.5. The molecule has 0 bridgehead atoms. The Morgan fingerprint density at radius 2 is 1.76 bits per heavy atom. The minimum absolute atomic E-state index is 0.109. The van der Waals surface area contributed by atoms with Crippen molar-refractivity contribution in [1.29, 1.82) is 0 Å². The highest BCUT2D eigenvalue weighted by Gasteiger charge is 2.28. The minimum Gasteiger partial charge on any atom is -0.480 e. The zero-order chi connectivity index (χ0) is 13.5. The Bertz CT molecular complexity index is 322. The molecular formula is C9H19NO6S. The molecule has 0 saturated heterocycles. The fourth-order valence-electron chi connectivity index (χ4n) is 0.980. The average molecular weight is 269 g/mol. The van der Waals surface area contributed by atoms with Gasteiger partial charge in [-0.05, 0) is 20.8 Å². The van der Waals surface area contributed by atoms with Crippen LogP contribution >= 0.6 is 0 Å². The van der Waals surface area contributed by atoms with Crippen LogP contribution in [-0.2, 0) is 24.3 Å². The van der Waals surface area contributed by atoms with Crippen molar-refractivity contribution in [2.24, 2.45) is 0 Å². The third-order valence-electron chi connectivity index (χ3n) is 1.97. The molecule has 0 fully saturated rings. The lowest BCUT2D eigenvalue weighted by Crippen LogP contribution is -2.42. The quantitative estimate of drug-likeness (QED) is 0.561. The molecule has 102 valence electrons. The van der Waals surface area contributed by atoms with Crippen LogP contribution in [0.25, 0.3) is 0 Å². The van der Waals surface area contributed by atoms with Gasteiger partial charge in [-0.15, -0.1) is 0 Å². The van der Waals surface area contributed by atoms with Crippen molar-refractivity contribution in [3.05, 3.63) is 0 Å². The maximum atomic E-state index is 11.5. The van der Waals surface area contributed by atoms with Crippen LogP contribution in [0.2, 0.25) is 0 Å². The number of aliphatic carboxylic acids is 1. The summed E-state index contributed by atoms with van der Waals surface area (Å²) in [6.07, 6.45) is -0.708. The number of sulfonamides is 1. The van der Waals surface area contributed by atoms with E-state index in [1.807, 2.05) is 0 Å². The molecule has 0 amide bonds. The van der Waals surface area contributed by atoms with Crippen LogP contribution in [0.15, 0.2) is 0 Å². The number of rotatable bonds is 9. The van der Waals surface area contributed by atoms with Gasteiger partial charge in [0.25, 0.3) is 0 Å². The summed E-state index contributed by atoms with van der Waals surface area (Å²) in [5, 5.41) is 7.10. The molecule has 2 N–H and O–H groups in total. The van der Waals surface area contributed by atoms with Gasteiger partial charge in [0.2, 0.25) is 10.0 Å². The number of hydrogen-bond donors (Lipinski definition) is 2. The number of nitrogens with one attached hydrogen (secondary N) is 1. The minimum atomic E-state index is -3.90. The lowest BCUT2D eigenvalue weighted by Gasteiger charge is -2.18. The van der Waals surface area contributed by atoms with E-state index < -0.39 is 27.5 Å². The molecular weight excluding hydrogens is 250 g/mol. The van der Waals surface area contributed by atoms with Crippen LogP contribution < -0.4 is 4.72 Å². The van der Waals surface area contributed by atoms with E-state index in [9.17, 15) is 13.2 Å². The highest BCUT2D eigenvalue weighted by molar-refractivity contribution is 7.90.